The van der Waals surface area contributed by atoms with Gasteiger partial charge in [0, 0.05) is 25.7 Å². The number of amides is 2. The Kier molecular flexibility index (Phi) is 5.40. The van der Waals surface area contributed by atoms with Gasteiger partial charge < -0.3 is 9.47 Å². The molecule has 1 aliphatic rings. The minimum atomic E-state index is -0.398. The SMILES string of the molecule is C=CC(=O)N(C)c1nc(-c2nc(C)ns2)n2c1[C@@H](C)N(C(=O)c1ccc(F)cc1)CC2. The molecule has 8 nitrogen and oxygen atoms in total. The van der Waals surface area contributed by atoms with Gasteiger partial charge in [-0.2, -0.15) is 4.37 Å². The second-order valence-corrected chi connectivity index (χ2v) is 7.98. The van der Waals surface area contributed by atoms with E-state index in [-0.39, 0.29) is 17.9 Å². The van der Waals surface area contributed by atoms with Gasteiger partial charge in [-0.25, -0.2) is 14.4 Å². The summed E-state index contributed by atoms with van der Waals surface area (Å²) in [5, 5.41) is 0.648. The smallest absolute Gasteiger partial charge is 0.254 e. The predicted molar refractivity (Wildman–Crippen MR) is 115 cm³/mol. The van der Waals surface area contributed by atoms with Crippen LogP contribution < -0.4 is 4.90 Å². The lowest BCUT2D eigenvalue weighted by molar-refractivity contribution is -0.113. The van der Waals surface area contributed by atoms with Crippen LogP contribution in [-0.4, -0.2) is 49.2 Å². The van der Waals surface area contributed by atoms with Crippen LogP contribution in [0, 0.1) is 12.7 Å². The number of benzene rings is 1. The van der Waals surface area contributed by atoms with Crippen LogP contribution in [0.15, 0.2) is 36.9 Å². The lowest BCUT2D eigenvalue weighted by Gasteiger charge is -2.36. The van der Waals surface area contributed by atoms with Crippen molar-refractivity contribution in [2.75, 3.05) is 18.5 Å². The van der Waals surface area contributed by atoms with Gasteiger partial charge in [-0.05, 0) is 55.7 Å². The Morgan fingerprint density at radius 3 is 2.58 bits per heavy atom. The maximum absolute atomic E-state index is 13.3. The minimum absolute atomic E-state index is 0.211. The van der Waals surface area contributed by atoms with Crippen molar-refractivity contribution < 1.29 is 14.0 Å². The normalized spacial score (nSPS) is 15.5. The summed E-state index contributed by atoms with van der Waals surface area (Å²) in [7, 11) is 1.62. The van der Waals surface area contributed by atoms with E-state index in [1.54, 1.807) is 18.9 Å². The van der Waals surface area contributed by atoms with Crippen LogP contribution in [0.4, 0.5) is 10.2 Å². The highest BCUT2D eigenvalue weighted by molar-refractivity contribution is 7.09. The summed E-state index contributed by atoms with van der Waals surface area (Å²) in [5.41, 5.74) is 1.13. The summed E-state index contributed by atoms with van der Waals surface area (Å²) in [6, 6.07) is 5.10. The average molecular weight is 441 g/mol. The Balaban J connectivity index is 1.79. The summed E-state index contributed by atoms with van der Waals surface area (Å²) in [6.07, 6.45) is 1.22. The number of fused-ring (bicyclic) bond motifs is 1. The first-order valence-corrected chi connectivity index (χ1v) is 10.5. The number of aromatic nitrogens is 4. The molecule has 0 radical (unpaired) electrons. The molecule has 31 heavy (non-hydrogen) atoms. The highest BCUT2D eigenvalue weighted by atomic mass is 32.1. The number of carbonyl (C=O) groups excluding carboxylic acids is 2. The van der Waals surface area contributed by atoms with Crippen LogP contribution in [0.1, 0.15) is 34.8 Å². The van der Waals surface area contributed by atoms with Gasteiger partial charge in [0.2, 0.25) is 0 Å². The third kappa shape index (κ3) is 3.63. The summed E-state index contributed by atoms with van der Waals surface area (Å²) in [5.74, 6) is 0.778. The van der Waals surface area contributed by atoms with Gasteiger partial charge in [0.25, 0.3) is 11.8 Å². The molecule has 0 saturated carbocycles. The summed E-state index contributed by atoms with van der Waals surface area (Å²) in [6.45, 7) is 8.16. The number of likely N-dealkylation sites (N-methyl/N-ethyl adjacent to an activating group) is 1. The molecule has 2 aromatic heterocycles. The molecular weight excluding hydrogens is 419 g/mol. The number of aryl methyl sites for hydroxylation is 1. The molecule has 0 N–H and O–H groups in total. The van der Waals surface area contributed by atoms with E-state index < -0.39 is 5.82 Å². The Labute approximate surface area is 182 Å². The molecule has 4 rings (SSSR count). The quantitative estimate of drug-likeness (QED) is 0.582. The van der Waals surface area contributed by atoms with Gasteiger partial charge in [0.15, 0.2) is 16.6 Å². The molecule has 2 amide bonds. The molecule has 0 saturated heterocycles. The van der Waals surface area contributed by atoms with E-state index >= 15 is 0 Å². The molecule has 1 atom stereocenters. The third-order valence-corrected chi connectivity index (χ3v) is 6.11. The molecule has 10 heteroatoms. The first kappa shape index (κ1) is 20.9. The maximum atomic E-state index is 13.3. The Hall–Kier alpha value is -3.40. The van der Waals surface area contributed by atoms with Crippen molar-refractivity contribution >= 4 is 29.2 Å². The fourth-order valence-corrected chi connectivity index (χ4v) is 4.39. The standard InChI is InChI=1S/C21H21FN6O2S/c1-5-16(29)26(4)18-17-12(2)27(21(30)14-6-8-15(22)9-7-14)10-11-28(17)19(24-18)20-23-13(3)25-31-20/h5-9,12H,1,10-11H2,2-4H3/t12-/m1/s1. The van der Waals surface area contributed by atoms with Crippen LogP contribution in [0.25, 0.3) is 10.8 Å². The van der Waals surface area contributed by atoms with Crippen LogP contribution in [0.5, 0.6) is 0 Å². The second-order valence-electron chi connectivity index (χ2n) is 7.23. The van der Waals surface area contributed by atoms with Crippen molar-refractivity contribution in [2.45, 2.75) is 26.4 Å². The lowest BCUT2D eigenvalue weighted by atomic mass is 10.1. The van der Waals surface area contributed by atoms with Crippen LogP contribution in [0.2, 0.25) is 0 Å². The van der Waals surface area contributed by atoms with Crippen molar-refractivity contribution in [1.29, 1.82) is 0 Å². The van der Waals surface area contributed by atoms with Crippen molar-refractivity contribution in [3.05, 3.63) is 59.8 Å². The molecule has 0 spiro atoms. The topological polar surface area (TPSA) is 84.2 Å². The number of rotatable bonds is 4. The van der Waals surface area contributed by atoms with E-state index in [1.165, 1.54) is 46.8 Å². The van der Waals surface area contributed by atoms with Gasteiger partial charge >= 0.3 is 0 Å². The van der Waals surface area contributed by atoms with Crippen molar-refractivity contribution in [3.8, 4) is 10.8 Å². The Morgan fingerprint density at radius 1 is 1.26 bits per heavy atom. The second kappa shape index (κ2) is 8.03. The van der Waals surface area contributed by atoms with E-state index in [2.05, 4.69) is 15.9 Å². The van der Waals surface area contributed by atoms with Gasteiger partial charge in [0.05, 0.1) is 11.7 Å². The maximum Gasteiger partial charge on any atom is 0.254 e. The van der Waals surface area contributed by atoms with Gasteiger partial charge in [0.1, 0.15) is 11.6 Å². The highest BCUT2D eigenvalue weighted by Gasteiger charge is 2.36. The summed E-state index contributed by atoms with van der Waals surface area (Å²) in [4.78, 5) is 37.8. The fraction of sp³-hybridized carbons (Fsp3) is 0.286. The highest BCUT2D eigenvalue weighted by Crippen LogP contribution is 2.38. The first-order chi connectivity index (χ1) is 14.8. The van der Waals surface area contributed by atoms with Crippen molar-refractivity contribution in [1.82, 2.24) is 23.8 Å². The van der Waals surface area contributed by atoms with Gasteiger partial charge in [-0.1, -0.05) is 6.58 Å². The molecule has 1 aromatic carbocycles. The zero-order valence-corrected chi connectivity index (χ0v) is 18.2. The number of hydrogen-bond acceptors (Lipinski definition) is 6. The monoisotopic (exact) mass is 440 g/mol. The van der Waals surface area contributed by atoms with Gasteiger partial charge in [-0.15, -0.1) is 0 Å². The molecular formula is C21H21FN6O2S. The molecule has 0 unspecified atom stereocenters. The number of halogens is 1. The molecule has 0 fully saturated rings. The molecule has 1 aliphatic heterocycles. The lowest BCUT2D eigenvalue weighted by Crippen LogP contribution is -2.42. The zero-order chi connectivity index (χ0) is 22.3. The Morgan fingerprint density at radius 2 is 1.97 bits per heavy atom. The summed E-state index contributed by atoms with van der Waals surface area (Å²) < 4.78 is 19.5. The number of carbonyl (C=O) groups is 2. The van der Waals surface area contributed by atoms with E-state index in [4.69, 9.17) is 4.98 Å². The molecule has 0 bridgehead atoms. The fourth-order valence-electron chi connectivity index (χ4n) is 3.72. The number of hydrogen-bond donors (Lipinski definition) is 0. The zero-order valence-electron chi connectivity index (χ0n) is 17.4. The van der Waals surface area contributed by atoms with Gasteiger partial charge in [-0.3, -0.25) is 14.5 Å². The largest absolute Gasteiger partial charge is 0.328 e. The number of anilines is 1. The summed E-state index contributed by atoms with van der Waals surface area (Å²) >= 11 is 1.24. The van der Waals surface area contributed by atoms with Crippen LogP contribution in [-0.2, 0) is 11.3 Å². The van der Waals surface area contributed by atoms with Crippen molar-refractivity contribution in [3.63, 3.8) is 0 Å². The third-order valence-electron chi connectivity index (χ3n) is 5.31. The molecule has 160 valence electrons. The minimum Gasteiger partial charge on any atom is -0.328 e. The van der Waals surface area contributed by atoms with E-state index in [0.717, 1.165) is 5.69 Å². The van der Waals surface area contributed by atoms with Crippen LogP contribution in [0.3, 0.4) is 0 Å². The van der Waals surface area contributed by atoms with E-state index in [1.807, 2.05) is 11.5 Å². The Bertz CT molecular complexity index is 1170. The molecule has 0 aliphatic carbocycles. The molecule has 3 aromatic rings. The molecule has 3 heterocycles. The number of imidazole rings is 1. The van der Waals surface area contributed by atoms with E-state index in [9.17, 15) is 14.0 Å². The first-order valence-electron chi connectivity index (χ1n) is 9.69. The number of nitrogens with zero attached hydrogens (tertiary/aromatic N) is 6. The predicted octanol–water partition coefficient (Wildman–Crippen LogP) is 3.21. The van der Waals surface area contributed by atoms with Crippen LogP contribution >= 0.6 is 11.5 Å². The van der Waals surface area contributed by atoms with Crippen molar-refractivity contribution in [2.24, 2.45) is 0 Å². The van der Waals surface area contributed by atoms with E-state index in [0.29, 0.717) is 41.1 Å². The average Bonchev–Trinajstić information content (AvgIpc) is 3.37.